The summed E-state index contributed by atoms with van der Waals surface area (Å²) in [7, 11) is 0. The molecule has 3 aromatic rings. The number of halogens is 3. The van der Waals surface area contributed by atoms with Crippen molar-refractivity contribution in [3.05, 3.63) is 83.8 Å². The predicted molar refractivity (Wildman–Crippen MR) is 139 cm³/mol. The predicted octanol–water partition coefficient (Wildman–Crippen LogP) is 3.73. The molecule has 0 bridgehead atoms. The molecule has 1 saturated heterocycles. The molecule has 0 spiro atoms. The smallest absolute Gasteiger partial charge is 0.383 e. The summed E-state index contributed by atoms with van der Waals surface area (Å²) in [6.45, 7) is 4.59. The number of nitrogens with zero attached hydrogens (tertiary/aromatic N) is 4. The molecule has 13 heteroatoms. The van der Waals surface area contributed by atoms with Gasteiger partial charge in [0.05, 0.1) is 16.8 Å². The Morgan fingerprint density at radius 3 is 2.54 bits per heavy atom. The number of alkyl halides is 3. The molecule has 39 heavy (non-hydrogen) atoms. The lowest BCUT2D eigenvalue weighted by molar-refractivity contribution is -0.137. The number of anilines is 3. The summed E-state index contributed by atoms with van der Waals surface area (Å²) in [5.41, 5.74) is 5.98. The molecule has 1 fully saturated rings. The van der Waals surface area contributed by atoms with Crippen LogP contribution in [-0.2, 0) is 11.0 Å². The number of hydrogen-bond acceptors (Lipinski definition) is 8. The van der Waals surface area contributed by atoms with Crippen LogP contribution in [0.25, 0.3) is 0 Å². The number of amides is 2. The van der Waals surface area contributed by atoms with Crippen LogP contribution in [0.5, 0.6) is 0 Å². The average molecular weight is 539 g/mol. The Morgan fingerprint density at radius 2 is 1.85 bits per heavy atom. The Bertz CT molecular complexity index is 1410. The molecule has 2 aromatic heterocycles. The van der Waals surface area contributed by atoms with E-state index >= 15 is 0 Å². The van der Waals surface area contributed by atoms with Gasteiger partial charge in [-0.3, -0.25) is 15.0 Å². The zero-order chi connectivity index (χ0) is 28.2. The molecule has 1 unspecified atom stereocenters. The minimum Gasteiger partial charge on any atom is -0.383 e. The molecule has 1 atom stereocenters. The van der Waals surface area contributed by atoms with Crippen LogP contribution < -0.4 is 16.4 Å². The highest BCUT2D eigenvalue weighted by Crippen LogP contribution is 2.30. The first-order valence-electron chi connectivity index (χ1n) is 11.9. The fourth-order valence-electron chi connectivity index (χ4n) is 4.17. The van der Waals surface area contributed by atoms with Gasteiger partial charge in [0.1, 0.15) is 23.8 Å². The number of benzene rings is 1. The van der Waals surface area contributed by atoms with E-state index in [0.717, 1.165) is 31.2 Å². The second-order valence-electron chi connectivity index (χ2n) is 8.79. The van der Waals surface area contributed by atoms with E-state index in [1.54, 1.807) is 4.90 Å². The van der Waals surface area contributed by atoms with Crippen molar-refractivity contribution >= 4 is 35.0 Å². The van der Waals surface area contributed by atoms with E-state index in [1.165, 1.54) is 36.7 Å². The van der Waals surface area contributed by atoms with Gasteiger partial charge >= 0.3 is 6.18 Å². The van der Waals surface area contributed by atoms with Gasteiger partial charge in [-0.15, -0.1) is 0 Å². The van der Waals surface area contributed by atoms with E-state index < -0.39 is 17.6 Å². The van der Waals surface area contributed by atoms with E-state index in [2.05, 4.69) is 32.2 Å². The summed E-state index contributed by atoms with van der Waals surface area (Å²) in [6.07, 6.45) is 0.501. The summed E-state index contributed by atoms with van der Waals surface area (Å²) < 4.78 is 38.8. The standard InChI is InChI=1S/C26H25F3N8O2/c1-2-20(38)37-11-3-4-18(13-37)35-24-21(23(31)33-14-34-24)22(30)15-5-7-16(8-6-15)25(39)36-19-12-17(9-10-32-19)26(27,28)29/h2,5-10,12,14,18,30H,1,3-4,11,13H2,(H,32,36,39)(H3,31,33,34,35). The number of rotatable bonds is 7. The molecule has 5 N–H and O–H groups in total. The van der Waals surface area contributed by atoms with Crippen LogP contribution in [0.3, 0.4) is 0 Å². The Labute approximate surface area is 221 Å². The lowest BCUT2D eigenvalue weighted by Gasteiger charge is -2.33. The average Bonchev–Trinajstić information content (AvgIpc) is 2.92. The quantitative estimate of drug-likeness (QED) is 0.264. The maximum Gasteiger partial charge on any atom is 0.416 e. The molecular formula is C26H25F3N8O2. The van der Waals surface area contributed by atoms with Gasteiger partial charge in [-0.1, -0.05) is 18.7 Å². The largest absolute Gasteiger partial charge is 0.416 e. The molecule has 2 amide bonds. The van der Waals surface area contributed by atoms with Gasteiger partial charge in [0.15, 0.2) is 0 Å². The lowest BCUT2D eigenvalue weighted by Crippen LogP contribution is -2.44. The second kappa shape index (κ2) is 11.3. The van der Waals surface area contributed by atoms with Crippen molar-refractivity contribution < 1.29 is 22.8 Å². The minimum absolute atomic E-state index is 0.00284. The van der Waals surface area contributed by atoms with E-state index in [1.807, 2.05) is 0 Å². The molecule has 0 radical (unpaired) electrons. The first-order chi connectivity index (χ1) is 18.6. The number of pyridine rings is 1. The van der Waals surface area contributed by atoms with Gasteiger partial charge in [-0.05, 0) is 43.2 Å². The van der Waals surface area contributed by atoms with Gasteiger partial charge in [0, 0.05) is 36.5 Å². The number of nitrogens with one attached hydrogen (secondary N) is 3. The number of nitrogens with two attached hydrogens (primary N) is 1. The molecule has 3 heterocycles. The molecule has 0 saturated carbocycles. The fraction of sp³-hybridized carbons (Fsp3) is 0.231. The van der Waals surface area contributed by atoms with Crippen LogP contribution in [0.4, 0.5) is 30.6 Å². The summed E-state index contributed by atoms with van der Waals surface area (Å²) in [5.74, 6) is -0.661. The van der Waals surface area contributed by atoms with E-state index in [4.69, 9.17) is 11.1 Å². The third-order valence-corrected chi connectivity index (χ3v) is 6.14. The van der Waals surface area contributed by atoms with Gasteiger partial charge in [-0.25, -0.2) is 15.0 Å². The number of carbonyl (C=O) groups excluding carboxylic acids is 2. The topological polar surface area (TPSA) is 150 Å². The highest BCUT2D eigenvalue weighted by molar-refractivity contribution is 6.16. The normalized spacial score (nSPS) is 15.4. The molecule has 10 nitrogen and oxygen atoms in total. The SMILES string of the molecule is C=CC(=O)N1CCCC(Nc2ncnc(N)c2C(=N)c2ccc(C(=O)Nc3cc(C(F)(F)F)ccn3)cc2)C1. The molecular weight excluding hydrogens is 513 g/mol. The fourth-order valence-corrected chi connectivity index (χ4v) is 4.17. The first-order valence-corrected chi connectivity index (χ1v) is 11.9. The summed E-state index contributed by atoms with van der Waals surface area (Å²) in [6, 6.07) is 7.31. The van der Waals surface area contributed by atoms with Gasteiger partial charge in [0.2, 0.25) is 5.91 Å². The van der Waals surface area contributed by atoms with Gasteiger partial charge in [0.25, 0.3) is 5.91 Å². The van der Waals surface area contributed by atoms with Crippen LogP contribution >= 0.6 is 0 Å². The van der Waals surface area contributed by atoms with Crippen LogP contribution in [0.15, 0.2) is 61.6 Å². The van der Waals surface area contributed by atoms with Crippen molar-refractivity contribution in [3.63, 3.8) is 0 Å². The minimum atomic E-state index is -4.57. The second-order valence-corrected chi connectivity index (χ2v) is 8.79. The lowest BCUT2D eigenvalue weighted by atomic mass is 10.0. The van der Waals surface area contributed by atoms with Crippen molar-refractivity contribution in [1.29, 1.82) is 5.41 Å². The van der Waals surface area contributed by atoms with Gasteiger partial charge in [-0.2, -0.15) is 13.2 Å². The Hall–Kier alpha value is -4.81. The monoisotopic (exact) mass is 538 g/mol. The summed E-state index contributed by atoms with van der Waals surface area (Å²) in [5, 5.41) is 14.4. The Morgan fingerprint density at radius 1 is 1.13 bits per heavy atom. The highest BCUT2D eigenvalue weighted by Gasteiger charge is 2.31. The molecule has 0 aliphatic carbocycles. The Kier molecular flexibility index (Phi) is 7.88. The number of aromatic nitrogens is 3. The van der Waals surface area contributed by atoms with Crippen molar-refractivity contribution in [1.82, 2.24) is 19.9 Å². The zero-order valence-electron chi connectivity index (χ0n) is 20.6. The van der Waals surface area contributed by atoms with Crippen LogP contribution in [0.2, 0.25) is 0 Å². The van der Waals surface area contributed by atoms with Crippen LogP contribution in [0, 0.1) is 5.41 Å². The van der Waals surface area contributed by atoms with E-state index in [9.17, 15) is 22.8 Å². The Balaban J connectivity index is 1.49. The molecule has 1 aromatic carbocycles. The summed E-state index contributed by atoms with van der Waals surface area (Å²) >= 11 is 0. The maximum absolute atomic E-state index is 12.9. The van der Waals surface area contributed by atoms with Crippen molar-refractivity contribution in [2.24, 2.45) is 0 Å². The zero-order valence-corrected chi connectivity index (χ0v) is 20.6. The summed E-state index contributed by atoms with van der Waals surface area (Å²) in [4.78, 5) is 38.3. The van der Waals surface area contributed by atoms with E-state index in [-0.39, 0.29) is 40.4 Å². The van der Waals surface area contributed by atoms with Crippen molar-refractivity contribution in [2.45, 2.75) is 25.1 Å². The van der Waals surface area contributed by atoms with Gasteiger partial charge < -0.3 is 21.3 Å². The number of nitrogen functional groups attached to an aromatic ring is 1. The number of hydrogen-bond donors (Lipinski definition) is 4. The maximum atomic E-state index is 12.9. The van der Waals surface area contributed by atoms with E-state index in [0.29, 0.717) is 24.5 Å². The van der Waals surface area contributed by atoms with Crippen LogP contribution in [0.1, 0.15) is 39.9 Å². The third kappa shape index (κ3) is 6.37. The molecule has 202 valence electrons. The number of likely N-dealkylation sites (tertiary alicyclic amines) is 1. The molecule has 4 rings (SSSR count). The first kappa shape index (κ1) is 27.2. The highest BCUT2D eigenvalue weighted by atomic mass is 19.4. The van der Waals surface area contributed by atoms with Crippen molar-refractivity contribution in [3.8, 4) is 0 Å². The third-order valence-electron chi connectivity index (χ3n) is 6.14. The number of piperidine rings is 1. The molecule has 1 aliphatic heterocycles. The number of carbonyl (C=O) groups is 2. The van der Waals surface area contributed by atoms with Crippen LogP contribution in [-0.4, -0.2) is 56.5 Å². The molecule has 1 aliphatic rings. The van der Waals surface area contributed by atoms with Crippen molar-refractivity contribution in [2.75, 3.05) is 29.5 Å².